The van der Waals surface area contributed by atoms with Crippen LogP contribution in [0.3, 0.4) is 0 Å². The molecule has 1 aromatic heterocycles. The summed E-state index contributed by atoms with van der Waals surface area (Å²) in [6.45, 7) is 1.44. The Morgan fingerprint density at radius 3 is 2.29 bits per heavy atom. The lowest BCUT2D eigenvalue weighted by atomic mass is 10.1. The molecule has 0 aliphatic carbocycles. The van der Waals surface area contributed by atoms with E-state index in [2.05, 4.69) is 20.4 Å². The largest absolute Gasteiger partial charge is 0.573 e. The number of nitrogens with zero attached hydrogens (tertiary/aromatic N) is 1. The molecule has 35 heavy (non-hydrogen) atoms. The zero-order valence-electron chi connectivity index (χ0n) is 18.6. The van der Waals surface area contributed by atoms with Crippen LogP contribution >= 0.6 is 0 Å². The molecule has 1 heterocycles. The van der Waals surface area contributed by atoms with Gasteiger partial charge in [0.1, 0.15) is 28.6 Å². The van der Waals surface area contributed by atoms with Crippen molar-refractivity contribution in [3.8, 4) is 23.0 Å². The average Bonchev–Trinajstić information content (AvgIpc) is 2.81. The smallest absolute Gasteiger partial charge is 0.493 e. The van der Waals surface area contributed by atoms with E-state index in [0.717, 1.165) is 18.2 Å². The number of carbonyl (C=O) groups is 2. The average molecular weight is 493 g/mol. The Labute approximate surface area is 196 Å². The van der Waals surface area contributed by atoms with Crippen LogP contribution in [0.2, 0.25) is 0 Å². The molecule has 0 atom stereocenters. The third-order valence-electron chi connectivity index (χ3n) is 4.59. The fourth-order valence-electron chi connectivity index (χ4n) is 2.93. The summed E-state index contributed by atoms with van der Waals surface area (Å²) in [5.41, 5.74) is -0.0171. The van der Waals surface area contributed by atoms with Crippen molar-refractivity contribution >= 4 is 17.5 Å². The lowest BCUT2D eigenvalue weighted by Crippen LogP contribution is -2.20. The molecule has 0 fully saturated rings. The molecule has 0 saturated carbocycles. The van der Waals surface area contributed by atoms with Crippen LogP contribution in [0.4, 0.5) is 23.2 Å². The first kappa shape index (κ1) is 25.3. The maximum Gasteiger partial charge on any atom is 0.573 e. The van der Waals surface area contributed by atoms with Crippen molar-refractivity contribution in [3.05, 3.63) is 71.3 Å². The molecule has 184 valence electrons. The SMILES string of the molecule is CNC(=O)c1ccc(NC(=O)c2c(Oc3ccc(OC(F)(F)F)cc3OC)ccc(C)c2F)cn1. The van der Waals surface area contributed by atoms with Gasteiger partial charge in [0.05, 0.1) is 19.0 Å². The highest BCUT2D eigenvalue weighted by Crippen LogP contribution is 2.38. The van der Waals surface area contributed by atoms with Crippen molar-refractivity contribution in [1.82, 2.24) is 10.3 Å². The maximum absolute atomic E-state index is 15.0. The second-order valence-corrected chi connectivity index (χ2v) is 7.00. The summed E-state index contributed by atoms with van der Waals surface area (Å²) >= 11 is 0. The molecule has 3 aromatic rings. The lowest BCUT2D eigenvalue weighted by molar-refractivity contribution is -0.274. The summed E-state index contributed by atoms with van der Waals surface area (Å²) in [7, 11) is 2.63. The second kappa shape index (κ2) is 10.3. The first-order chi connectivity index (χ1) is 16.5. The van der Waals surface area contributed by atoms with Gasteiger partial charge in [-0.25, -0.2) is 9.37 Å². The van der Waals surface area contributed by atoms with Crippen LogP contribution in [0.5, 0.6) is 23.0 Å². The number of alkyl halides is 3. The van der Waals surface area contributed by atoms with Crippen LogP contribution in [0.1, 0.15) is 26.4 Å². The Balaban J connectivity index is 1.91. The number of amides is 2. The third-order valence-corrected chi connectivity index (χ3v) is 4.59. The fourth-order valence-corrected chi connectivity index (χ4v) is 2.93. The number of benzene rings is 2. The van der Waals surface area contributed by atoms with Crippen LogP contribution in [-0.4, -0.2) is 37.3 Å². The summed E-state index contributed by atoms with van der Waals surface area (Å²) in [4.78, 5) is 28.5. The van der Waals surface area contributed by atoms with Crippen molar-refractivity contribution in [1.29, 1.82) is 0 Å². The van der Waals surface area contributed by atoms with Gasteiger partial charge in [-0.05, 0) is 42.8 Å². The first-order valence-corrected chi connectivity index (χ1v) is 9.92. The Kier molecular flexibility index (Phi) is 7.43. The van der Waals surface area contributed by atoms with Gasteiger partial charge in [0.15, 0.2) is 11.5 Å². The van der Waals surface area contributed by atoms with E-state index in [1.807, 2.05) is 0 Å². The quantitative estimate of drug-likeness (QED) is 0.457. The van der Waals surface area contributed by atoms with Gasteiger partial charge in [0, 0.05) is 13.1 Å². The van der Waals surface area contributed by atoms with Crippen molar-refractivity contribution in [3.63, 3.8) is 0 Å². The van der Waals surface area contributed by atoms with E-state index in [4.69, 9.17) is 9.47 Å². The normalized spacial score (nSPS) is 10.9. The van der Waals surface area contributed by atoms with E-state index in [1.165, 1.54) is 51.5 Å². The predicted octanol–water partition coefficient (Wildman–Crippen LogP) is 4.84. The van der Waals surface area contributed by atoms with Gasteiger partial charge in [-0.3, -0.25) is 9.59 Å². The highest BCUT2D eigenvalue weighted by Gasteiger charge is 2.31. The minimum Gasteiger partial charge on any atom is -0.493 e. The maximum atomic E-state index is 15.0. The predicted molar refractivity (Wildman–Crippen MR) is 116 cm³/mol. The Morgan fingerprint density at radius 1 is 0.971 bits per heavy atom. The Morgan fingerprint density at radius 2 is 1.69 bits per heavy atom. The van der Waals surface area contributed by atoms with Gasteiger partial charge in [-0.15, -0.1) is 13.2 Å². The number of hydrogen-bond acceptors (Lipinski definition) is 6. The number of anilines is 1. The molecule has 2 N–H and O–H groups in total. The Hall–Kier alpha value is -4.35. The number of aromatic nitrogens is 1. The molecule has 8 nitrogen and oxygen atoms in total. The summed E-state index contributed by atoms with van der Waals surface area (Å²) in [6, 6.07) is 8.53. The number of pyridine rings is 1. The molecule has 0 radical (unpaired) electrons. The number of aryl methyl sites for hydroxylation is 1. The second-order valence-electron chi connectivity index (χ2n) is 7.00. The minimum absolute atomic E-state index is 0.0871. The number of nitrogens with one attached hydrogen (secondary N) is 2. The highest BCUT2D eigenvalue weighted by molar-refractivity contribution is 6.06. The summed E-state index contributed by atoms with van der Waals surface area (Å²) in [5, 5.41) is 4.88. The molecular weight excluding hydrogens is 474 g/mol. The first-order valence-electron chi connectivity index (χ1n) is 9.92. The number of hydrogen-bond donors (Lipinski definition) is 2. The van der Waals surface area contributed by atoms with E-state index >= 15 is 0 Å². The standard InChI is InChI=1S/C23H19F4N3O5/c1-12-4-8-17(34-16-9-6-14(10-18(16)33-3)35-23(25,26)27)19(20(12)24)22(32)30-13-5-7-15(29-11-13)21(31)28-2/h4-11H,1-3H3,(H,28,31)(H,30,32). The van der Waals surface area contributed by atoms with Gasteiger partial charge in [-0.2, -0.15) is 0 Å². The van der Waals surface area contributed by atoms with Crippen molar-refractivity contribution < 1.29 is 41.4 Å². The lowest BCUT2D eigenvalue weighted by Gasteiger charge is -2.16. The van der Waals surface area contributed by atoms with E-state index < -0.39 is 35.3 Å². The van der Waals surface area contributed by atoms with E-state index in [0.29, 0.717) is 0 Å². The third kappa shape index (κ3) is 6.16. The number of methoxy groups -OCH3 is 1. The molecule has 2 aromatic carbocycles. The summed E-state index contributed by atoms with van der Waals surface area (Å²) < 4.78 is 67.0. The summed E-state index contributed by atoms with van der Waals surface area (Å²) in [6.07, 6.45) is -3.69. The number of carbonyl (C=O) groups excluding carboxylic acids is 2. The van der Waals surface area contributed by atoms with Gasteiger partial charge >= 0.3 is 6.36 Å². The molecule has 0 bridgehead atoms. The van der Waals surface area contributed by atoms with E-state index in [-0.39, 0.29) is 34.2 Å². The molecule has 0 aliphatic rings. The molecule has 0 spiro atoms. The van der Waals surface area contributed by atoms with E-state index in [9.17, 15) is 27.2 Å². The van der Waals surface area contributed by atoms with Gasteiger partial charge in [0.2, 0.25) is 0 Å². The molecule has 0 aliphatic heterocycles. The van der Waals surface area contributed by atoms with Crippen LogP contribution in [0.15, 0.2) is 48.7 Å². The molecule has 0 unspecified atom stereocenters. The zero-order valence-corrected chi connectivity index (χ0v) is 18.6. The van der Waals surface area contributed by atoms with E-state index in [1.54, 1.807) is 0 Å². The van der Waals surface area contributed by atoms with Gasteiger partial charge in [0.25, 0.3) is 11.8 Å². The molecule has 0 saturated heterocycles. The Bertz CT molecular complexity index is 1250. The summed E-state index contributed by atoms with van der Waals surface area (Å²) in [5.74, 6) is -3.18. The molecule has 2 amide bonds. The molecule has 12 heteroatoms. The molecular formula is C23H19F4N3O5. The van der Waals surface area contributed by atoms with Crippen LogP contribution in [0.25, 0.3) is 0 Å². The topological polar surface area (TPSA) is 98.8 Å². The number of halogens is 4. The monoisotopic (exact) mass is 493 g/mol. The van der Waals surface area contributed by atoms with Crippen LogP contribution in [-0.2, 0) is 0 Å². The highest BCUT2D eigenvalue weighted by atomic mass is 19.4. The zero-order chi connectivity index (χ0) is 25.8. The fraction of sp³-hybridized carbons (Fsp3) is 0.174. The van der Waals surface area contributed by atoms with Gasteiger partial charge in [-0.1, -0.05) is 6.07 Å². The van der Waals surface area contributed by atoms with Crippen molar-refractivity contribution in [2.45, 2.75) is 13.3 Å². The van der Waals surface area contributed by atoms with Crippen LogP contribution < -0.4 is 24.8 Å². The van der Waals surface area contributed by atoms with Crippen molar-refractivity contribution in [2.24, 2.45) is 0 Å². The minimum atomic E-state index is -4.91. The van der Waals surface area contributed by atoms with Crippen molar-refractivity contribution in [2.75, 3.05) is 19.5 Å². The van der Waals surface area contributed by atoms with Gasteiger partial charge < -0.3 is 24.8 Å². The molecule has 3 rings (SSSR count). The van der Waals surface area contributed by atoms with Crippen LogP contribution in [0, 0.1) is 12.7 Å². The number of ether oxygens (including phenoxy) is 3. The number of rotatable bonds is 7.